The summed E-state index contributed by atoms with van der Waals surface area (Å²) in [6, 6.07) is 5.69. The summed E-state index contributed by atoms with van der Waals surface area (Å²) < 4.78 is 7.47. The highest BCUT2D eigenvalue weighted by atomic mass is 16.5. The SMILES string of the molecule is Cc1c(NC(=O)c2ccc3c(c2)CCCO3)c(N2CCCC2)nn1C. The summed E-state index contributed by atoms with van der Waals surface area (Å²) in [5, 5.41) is 7.71. The number of aryl methyl sites for hydroxylation is 2. The maximum atomic E-state index is 12.8. The number of ether oxygens (including phenoxy) is 1. The van der Waals surface area contributed by atoms with E-state index in [1.54, 1.807) is 0 Å². The molecule has 0 saturated carbocycles. The predicted molar refractivity (Wildman–Crippen MR) is 97.6 cm³/mol. The molecule has 132 valence electrons. The van der Waals surface area contributed by atoms with Gasteiger partial charge in [0.1, 0.15) is 11.4 Å². The second-order valence-electron chi connectivity index (χ2n) is 6.83. The molecule has 1 fully saturated rings. The van der Waals surface area contributed by atoms with Gasteiger partial charge in [0.2, 0.25) is 0 Å². The maximum absolute atomic E-state index is 12.8. The maximum Gasteiger partial charge on any atom is 0.255 e. The van der Waals surface area contributed by atoms with Crippen LogP contribution in [0.1, 0.15) is 40.9 Å². The molecule has 1 amide bonds. The third kappa shape index (κ3) is 2.97. The number of nitrogens with one attached hydrogen (secondary N) is 1. The van der Waals surface area contributed by atoms with Crippen LogP contribution in [0.25, 0.3) is 0 Å². The molecule has 6 heteroatoms. The minimum atomic E-state index is -0.0927. The van der Waals surface area contributed by atoms with Gasteiger partial charge in [0.05, 0.1) is 12.3 Å². The number of benzene rings is 1. The molecule has 25 heavy (non-hydrogen) atoms. The minimum Gasteiger partial charge on any atom is -0.493 e. The van der Waals surface area contributed by atoms with E-state index in [0.717, 1.165) is 61.1 Å². The van der Waals surface area contributed by atoms with Crippen LogP contribution in [-0.4, -0.2) is 35.4 Å². The van der Waals surface area contributed by atoms with Gasteiger partial charge in [-0.25, -0.2) is 0 Å². The number of hydrogen-bond donors (Lipinski definition) is 1. The Hall–Kier alpha value is -2.50. The zero-order chi connectivity index (χ0) is 17.4. The Kier molecular flexibility index (Phi) is 4.11. The molecule has 0 spiro atoms. The fraction of sp³-hybridized carbons (Fsp3) is 0.474. The molecule has 4 rings (SSSR count). The van der Waals surface area contributed by atoms with Gasteiger partial charge in [-0.15, -0.1) is 0 Å². The smallest absolute Gasteiger partial charge is 0.255 e. The third-order valence-electron chi connectivity index (χ3n) is 5.13. The lowest BCUT2D eigenvalue weighted by Crippen LogP contribution is -2.21. The third-order valence-corrected chi connectivity index (χ3v) is 5.13. The Morgan fingerprint density at radius 2 is 2.04 bits per heavy atom. The topological polar surface area (TPSA) is 59.4 Å². The van der Waals surface area contributed by atoms with Crippen molar-refractivity contribution in [1.82, 2.24) is 9.78 Å². The first kappa shape index (κ1) is 16.0. The van der Waals surface area contributed by atoms with Gasteiger partial charge in [-0.3, -0.25) is 9.48 Å². The first-order valence-electron chi connectivity index (χ1n) is 8.99. The molecule has 2 aromatic rings. The second kappa shape index (κ2) is 6.43. The molecule has 0 atom stereocenters. The summed E-state index contributed by atoms with van der Waals surface area (Å²) in [6.07, 6.45) is 4.31. The van der Waals surface area contributed by atoms with Gasteiger partial charge in [0.15, 0.2) is 5.82 Å². The number of anilines is 2. The first-order chi connectivity index (χ1) is 12.1. The van der Waals surface area contributed by atoms with Crippen LogP contribution in [0.2, 0.25) is 0 Å². The van der Waals surface area contributed by atoms with Crippen LogP contribution in [-0.2, 0) is 13.5 Å². The summed E-state index contributed by atoms with van der Waals surface area (Å²) in [4.78, 5) is 15.1. The molecule has 2 aliphatic heterocycles. The molecular weight excluding hydrogens is 316 g/mol. The van der Waals surface area contributed by atoms with Crippen molar-refractivity contribution < 1.29 is 9.53 Å². The number of fused-ring (bicyclic) bond motifs is 1. The Balaban J connectivity index is 1.60. The minimum absolute atomic E-state index is 0.0927. The molecule has 1 aromatic carbocycles. The predicted octanol–water partition coefficient (Wildman–Crippen LogP) is 2.91. The van der Waals surface area contributed by atoms with E-state index < -0.39 is 0 Å². The van der Waals surface area contributed by atoms with Crippen molar-refractivity contribution in [3.63, 3.8) is 0 Å². The van der Waals surface area contributed by atoms with Gasteiger partial charge >= 0.3 is 0 Å². The second-order valence-corrected chi connectivity index (χ2v) is 6.83. The molecule has 0 unspecified atom stereocenters. The van der Waals surface area contributed by atoms with E-state index in [2.05, 4.69) is 15.3 Å². The van der Waals surface area contributed by atoms with Gasteiger partial charge in [-0.05, 0) is 56.4 Å². The summed E-state index contributed by atoms with van der Waals surface area (Å²) >= 11 is 0. The number of nitrogens with zero attached hydrogens (tertiary/aromatic N) is 3. The van der Waals surface area contributed by atoms with Crippen LogP contribution in [0.3, 0.4) is 0 Å². The van der Waals surface area contributed by atoms with Crippen molar-refractivity contribution in [2.45, 2.75) is 32.6 Å². The van der Waals surface area contributed by atoms with Gasteiger partial charge < -0.3 is 15.0 Å². The standard InChI is InChI=1S/C19H24N4O2/c1-13-17(18(21-22(13)2)23-9-3-4-10-23)20-19(24)15-7-8-16-14(12-15)6-5-11-25-16/h7-8,12H,3-6,9-11H2,1-2H3,(H,20,24). The first-order valence-corrected chi connectivity index (χ1v) is 8.99. The quantitative estimate of drug-likeness (QED) is 0.933. The van der Waals surface area contributed by atoms with Crippen LogP contribution >= 0.6 is 0 Å². The lowest BCUT2D eigenvalue weighted by molar-refractivity contribution is 0.102. The Morgan fingerprint density at radius 3 is 2.84 bits per heavy atom. The van der Waals surface area contributed by atoms with Crippen molar-refractivity contribution in [1.29, 1.82) is 0 Å². The summed E-state index contributed by atoms with van der Waals surface area (Å²) in [6.45, 7) is 4.74. The van der Waals surface area contributed by atoms with Crippen LogP contribution < -0.4 is 15.0 Å². The number of rotatable bonds is 3. The van der Waals surface area contributed by atoms with Gasteiger partial charge in [-0.1, -0.05) is 0 Å². The average Bonchev–Trinajstić information content (AvgIpc) is 3.25. The van der Waals surface area contributed by atoms with E-state index in [1.165, 1.54) is 12.8 Å². The highest BCUT2D eigenvalue weighted by Gasteiger charge is 2.23. The van der Waals surface area contributed by atoms with E-state index in [1.807, 2.05) is 36.9 Å². The number of hydrogen-bond acceptors (Lipinski definition) is 4. The normalized spacial score (nSPS) is 16.5. The number of carbonyl (C=O) groups is 1. The molecule has 0 aliphatic carbocycles. The number of amides is 1. The van der Waals surface area contributed by atoms with Crippen molar-refractivity contribution in [3.05, 3.63) is 35.0 Å². The van der Waals surface area contributed by atoms with E-state index in [-0.39, 0.29) is 5.91 Å². The van der Waals surface area contributed by atoms with E-state index >= 15 is 0 Å². The van der Waals surface area contributed by atoms with Crippen molar-refractivity contribution in [2.75, 3.05) is 29.9 Å². The zero-order valence-corrected chi connectivity index (χ0v) is 14.8. The lowest BCUT2D eigenvalue weighted by Gasteiger charge is -2.18. The monoisotopic (exact) mass is 340 g/mol. The molecule has 0 radical (unpaired) electrons. The summed E-state index contributed by atoms with van der Waals surface area (Å²) in [5.41, 5.74) is 3.57. The highest BCUT2D eigenvalue weighted by Crippen LogP contribution is 2.31. The Labute approximate surface area is 147 Å². The van der Waals surface area contributed by atoms with Crippen LogP contribution in [0.5, 0.6) is 5.75 Å². The van der Waals surface area contributed by atoms with Crippen LogP contribution in [0.4, 0.5) is 11.5 Å². The zero-order valence-electron chi connectivity index (χ0n) is 14.8. The van der Waals surface area contributed by atoms with Gasteiger partial charge in [-0.2, -0.15) is 5.10 Å². The summed E-state index contributed by atoms with van der Waals surface area (Å²) in [5.74, 6) is 1.69. The van der Waals surface area contributed by atoms with Crippen molar-refractivity contribution in [2.24, 2.45) is 7.05 Å². The molecular formula is C19H24N4O2. The average molecular weight is 340 g/mol. The van der Waals surface area contributed by atoms with Crippen molar-refractivity contribution >= 4 is 17.4 Å². The largest absolute Gasteiger partial charge is 0.493 e. The molecule has 3 heterocycles. The molecule has 1 aromatic heterocycles. The van der Waals surface area contributed by atoms with E-state index in [9.17, 15) is 4.79 Å². The fourth-order valence-corrected chi connectivity index (χ4v) is 3.57. The molecule has 0 bridgehead atoms. The molecule has 6 nitrogen and oxygen atoms in total. The highest BCUT2D eigenvalue weighted by molar-refractivity contribution is 6.06. The Bertz CT molecular complexity index is 806. The number of aromatic nitrogens is 2. The molecule has 1 saturated heterocycles. The van der Waals surface area contributed by atoms with Crippen LogP contribution in [0, 0.1) is 6.92 Å². The Morgan fingerprint density at radius 1 is 1.24 bits per heavy atom. The van der Waals surface area contributed by atoms with E-state index in [0.29, 0.717) is 5.56 Å². The lowest BCUT2D eigenvalue weighted by atomic mass is 10.0. The fourth-order valence-electron chi connectivity index (χ4n) is 3.57. The van der Waals surface area contributed by atoms with Crippen molar-refractivity contribution in [3.8, 4) is 5.75 Å². The number of carbonyl (C=O) groups excluding carboxylic acids is 1. The van der Waals surface area contributed by atoms with E-state index in [4.69, 9.17) is 4.74 Å². The van der Waals surface area contributed by atoms with Gasteiger partial charge in [0, 0.05) is 25.7 Å². The van der Waals surface area contributed by atoms with Crippen LogP contribution in [0.15, 0.2) is 18.2 Å². The molecule has 2 aliphatic rings. The van der Waals surface area contributed by atoms with Gasteiger partial charge in [0.25, 0.3) is 5.91 Å². The molecule has 1 N–H and O–H groups in total. The summed E-state index contributed by atoms with van der Waals surface area (Å²) in [7, 11) is 1.92.